The number of aryl methyl sites for hydroxylation is 1. The van der Waals surface area contributed by atoms with Crippen LogP contribution in [0.25, 0.3) is 0 Å². The number of hydrogen-bond acceptors (Lipinski definition) is 4. The van der Waals surface area contributed by atoms with Gasteiger partial charge in [0.15, 0.2) is 0 Å². The van der Waals surface area contributed by atoms with Gasteiger partial charge in [-0.3, -0.25) is 14.4 Å². The van der Waals surface area contributed by atoms with E-state index in [1.165, 1.54) is 11.8 Å². The van der Waals surface area contributed by atoms with Gasteiger partial charge in [-0.05, 0) is 43.7 Å². The lowest BCUT2D eigenvalue weighted by atomic mass is 9.72. The van der Waals surface area contributed by atoms with Crippen molar-refractivity contribution in [1.82, 2.24) is 14.4 Å². The Hall–Kier alpha value is -2.64. The zero-order valence-corrected chi connectivity index (χ0v) is 15.7. The Morgan fingerprint density at radius 2 is 1.85 bits per heavy atom. The van der Waals surface area contributed by atoms with Crippen molar-refractivity contribution >= 4 is 23.6 Å². The first kappa shape index (κ1) is 19.1. The van der Waals surface area contributed by atoms with Crippen LogP contribution in [0.4, 0.5) is 0 Å². The summed E-state index contributed by atoms with van der Waals surface area (Å²) in [7, 11) is 1.73. The smallest absolute Gasteiger partial charge is 0.326 e. The summed E-state index contributed by atoms with van der Waals surface area (Å²) in [5.74, 6) is -2.17. The fourth-order valence-electron chi connectivity index (χ4n) is 4.07. The van der Waals surface area contributed by atoms with Crippen LogP contribution in [-0.4, -0.2) is 68.7 Å². The molecule has 1 atom stereocenters. The van der Waals surface area contributed by atoms with Crippen LogP contribution in [0, 0.1) is 5.41 Å². The number of aromatic nitrogens is 1. The predicted molar refractivity (Wildman–Crippen MR) is 96.0 cm³/mol. The molecule has 3 heterocycles. The minimum Gasteiger partial charge on any atom is -0.480 e. The largest absolute Gasteiger partial charge is 0.480 e. The first-order valence-electron chi connectivity index (χ1n) is 9.21. The van der Waals surface area contributed by atoms with E-state index in [-0.39, 0.29) is 11.3 Å². The molecule has 3 rings (SSSR count). The van der Waals surface area contributed by atoms with Gasteiger partial charge >= 0.3 is 5.97 Å². The number of carbonyl (C=O) groups excluding carboxylic acids is 3. The van der Waals surface area contributed by atoms with Crippen molar-refractivity contribution in [3.05, 3.63) is 24.0 Å². The van der Waals surface area contributed by atoms with E-state index in [2.05, 4.69) is 0 Å². The number of amides is 2. The predicted octanol–water partition coefficient (Wildman–Crippen LogP) is 0.912. The zero-order chi connectivity index (χ0) is 19.8. The van der Waals surface area contributed by atoms with Gasteiger partial charge in [-0.25, -0.2) is 4.79 Å². The molecule has 2 saturated heterocycles. The van der Waals surface area contributed by atoms with E-state index in [1.54, 1.807) is 34.8 Å². The molecule has 1 spiro atoms. The van der Waals surface area contributed by atoms with Gasteiger partial charge in [-0.15, -0.1) is 0 Å². The molecule has 8 heteroatoms. The summed E-state index contributed by atoms with van der Waals surface area (Å²) < 4.78 is 1.63. The SMILES string of the molecule is CC(C(=O)O)N1CC2(CCC1=O)CCN(C(=O)C(=O)c1cccn1C)CC2. The maximum atomic E-state index is 12.6. The third-order valence-electron chi connectivity index (χ3n) is 6.00. The Kier molecular flexibility index (Phi) is 5.08. The molecule has 2 aliphatic heterocycles. The summed E-state index contributed by atoms with van der Waals surface area (Å²) in [5.41, 5.74) is 0.188. The molecule has 2 aliphatic rings. The third kappa shape index (κ3) is 3.61. The molecule has 8 nitrogen and oxygen atoms in total. The van der Waals surface area contributed by atoms with Crippen molar-refractivity contribution in [2.24, 2.45) is 12.5 Å². The van der Waals surface area contributed by atoms with Crippen molar-refractivity contribution in [2.45, 2.75) is 38.6 Å². The summed E-state index contributed by atoms with van der Waals surface area (Å²) in [4.78, 5) is 51.4. The number of carboxylic acid groups (broad SMARTS) is 1. The van der Waals surface area contributed by atoms with Gasteiger partial charge in [0.2, 0.25) is 5.91 Å². The molecule has 1 aromatic heterocycles. The van der Waals surface area contributed by atoms with Crippen LogP contribution < -0.4 is 0 Å². The molecule has 27 heavy (non-hydrogen) atoms. The molecule has 0 aliphatic carbocycles. The molecule has 0 saturated carbocycles. The minimum atomic E-state index is -1.01. The monoisotopic (exact) mass is 375 g/mol. The van der Waals surface area contributed by atoms with Crippen molar-refractivity contribution in [3.8, 4) is 0 Å². The molecular weight excluding hydrogens is 350 g/mol. The highest BCUT2D eigenvalue weighted by atomic mass is 16.4. The highest BCUT2D eigenvalue weighted by Crippen LogP contribution is 2.40. The fourth-order valence-corrected chi connectivity index (χ4v) is 4.07. The lowest BCUT2D eigenvalue weighted by molar-refractivity contribution is -0.155. The van der Waals surface area contributed by atoms with E-state index < -0.39 is 23.7 Å². The number of Topliss-reactive ketones (excluding diaryl/α,β-unsaturated/α-hetero) is 1. The van der Waals surface area contributed by atoms with Gasteiger partial charge in [-0.1, -0.05) is 0 Å². The molecule has 2 fully saturated rings. The second-order valence-corrected chi connectivity index (χ2v) is 7.66. The number of ketones is 1. The number of nitrogens with zero attached hydrogens (tertiary/aromatic N) is 3. The van der Waals surface area contributed by atoms with Gasteiger partial charge in [-0.2, -0.15) is 0 Å². The van der Waals surface area contributed by atoms with Crippen LogP contribution in [0.5, 0.6) is 0 Å². The Morgan fingerprint density at radius 3 is 2.41 bits per heavy atom. The minimum absolute atomic E-state index is 0.132. The molecule has 0 aromatic carbocycles. The van der Waals surface area contributed by atoms with E-state index in [1.807, 2.05) is 0 Å². The van der Waals surface area contributed by atoms with E-state index in [0.717, 1.165) is 0 Å². The molecule has 1 aromatic rings. The molecule has 2 amide bonds. The Balaban J connectivity index is 1.65. The third-order valence-corrected chi connectivity index (χ3v) is 6.00. The average Bonchev–Trinajstić information content (AvgIpc) is 3.08. The highest BCUT2D eigenvalue weighted by Gasteiger charge is 2.44. The highest BCUT2D eigenvalue weighted by molar-refractivity contribution is 6.42. The summed E-state index contributed by atoms with van der Waals surface area (Å²) in [6.07, 6.45) is 4.07. The Morgan fingerprint density at radius 1 is 1.19 bits per heavy atom. The normalized spacial score (nSPS) is 20.6. The topological polar surface area (TPSA) is 99.9 Å². The zero-order valence-electron chi connectivity index (χ0n) is 15.7. The Labute approximate surface area is 157 Å². The molecule has 1 N–H and O–H groups in total. The van der Waals surface area contributed by atoms with Crippen molar-refractivity contribution < 1.29 is 24.3 Å². The molecule has 1 unspecified atom stereocenters. The van der Waals surface area contributed by atoms with E-state index in [4.69, 9.17) is 0 Å². The fraction of sp³-hybridized carbons (Fsp3) is 0.579. The molecule has 146 valence electrons. The van der Waals surface area contributed by atoms with Crippen molar-refractivity contribution in [3.63, 3.8) is 0 Å². The van der Waals surface area contributed by atoms with E-state index in [0.29, 0.717) is 51.0 Å². The number of rotatable bonds is 4. The van der Waals surface area contributed by atoms with Gasteiger partial charge < -0.3 is 19.5 Å². The van der Waals surface area contributed by atoms with Crippen molar-refractivity contribution in [2.75, 3.05) is 19.6 Å². The number of piperidine rings is 2. The summed E-state index contributed by atoms with van der Waals surface area (Å²) in [5, 5.41) is 9.24. The maximum Gasteiger partial charge on any atom is 0.326 e. The van der Waals surface area contributed by atoms with Crippen LogP contribution in [0.3, 0.4) is 0 Å². The number of carboxylic acids is 1. The quantitative estimate of drug-likeness (QED) is 0.623. The van der Waals surface area contributed by atoms with Crippen LogP contribution in [0.15, 0.2) is 18.3 Å². The summed E-state index contributed by atoms with van der Waals surface area (Å²) in [6, 6.07) is 2.50. The maximum absolute atomic E-state index is 12.6. The number of aliphatic carboxylic acids is 1. The van der Waals surface area contributed by atoms with Gasteiger partial charge in [0, 0.05) is 39.3 Å². The first-order valence-corrected chi connectivity index (χ1v) is 9.21. The lowest BCUT2D eigenvalue weighted by Gasteiger charge is -2.48. The molecule has 0 bridgehead atoms. The summed E-state index contributed by atoms with van der Waals surface area (Å²) in [6.45, 7) is 2.81. The van der Waals surface area contributed by atoms with Gasteiger partial charge in [0.1, 0.15) is 6.04 Å². The van der Waals surface area contributed by atoms with Crippen LogP contribution in [0.2, 0.25) is 0 Å². The summed E-state index contributed by atoms with van der Waals surface area (Å²) >= 11 is 0. The average molecular weight is 375 g/mol. The number of hydrogen-bond donors (Lipinski definition) is 1. The molecular formula is C19H25N3O5. The van der Waals surface area contributed by atoms with Gasteiger partial charge in [0.05, 0.1) is 5.69 Å². The number of carbonyl (C=O) groups is 4. The Bertz CT molecular complexity index is 776. The van der Waals surface area contributed by atoms with Crippen molar-refractivity contribution in [1.29, 1.82) is 0 Å². The number of likely N-dealkylation sites (tertiary alicyclic amines) is 2. The van der Waals surface area contributed by atoms with Gasteiger partial charge in [0.25, 0.3) is 11.7 Å². The standard InChI is InChI=1S/C19H25N3O5/c1-13(18(26)27)22-12-19(6-5-15(22)23)7-10-21(11-8-19)17(25)16(24)14-4-3-9-20(14)2/h3-4,9,13H,5-8,10-12H2,1-2H3,(H,26,27). The second-order valence-electron chi connectivity index (χ2n) is 7.66. The van der Waals surface area contributed by atoms with Crippen LogP contribution >= 0.6 is 0 Å². The van der Waals surface area contributed by atoms with E-state index in [9.17, 15) is 24.3 Å². The van der Waals surface area contributed by atoms with Crippen LogP contribution in [0.1, 0.15) is 43.1 Å². The lowest BCUT2D eigenvalue weighted by Crippen LogP contribution is -2.56. The second kappa shape index (κ2) is 7.17. The first-order chi connectivity index (χ1) is 12.7. The van der Waals surface area contributed by atoms with Crippen LogP contribution in [-0.2, 0) is 21.4 Å². The molecule has 0 radical (unpaired) electrons. The van der Waals surface area contributed by atoms with E-state index >= 15 is 0 Å².